The van der Waals surface area contributed by atoms with Gasteiger partial charge in [-0.15, -0.1) is 0 Å². The maximum absolute atomic E-state index is 13.4. The van der Waals surface area contributed by atoms with Crippen LogP contribution in [-0.2, 0) is 20.9 Å². The number of nitrogens with zero attached hydrogens (tertiary/aromatic N) is 1. The van der Waals surface area contributed by atoms with E-state index >= 15 is 0 Å². The molecule has 164 valence electrons. The average Bonchev–Trinajstić information content (AvgIpc) is 3.02. The van der Waals surface area contributed by atoms with Crippen molar-refractivity contribution in [2.45, 2.75) is 32.5 Å². The van der Waals surface area contributed by atoms with E-state index in [0.29, 0.717) is 0 Å². The highest BCUT2D eigenvalue weighted by Crippen LogP contribution is 2.21. The summed E-state index contributed by atoms with van der Waals surface area (Å²) in [7, 11) is 0. The van der Waals surface area contributed by atoms with Crippen molar-refractivity contribution in [2.24, 2.45) is 5.92 Å². The molecule has 1 aliphatic rings. The van der Waals surface area contributed by atoms with Gasteiger partial charge in [-0.1, -0.05) is 50.2 Å². The van der Waals surface area contributed by atoms with Crippen molar-refractivity contribution in [1.29, 1.82) is 0 Å². The highest BCUT2D eigenvalue weighted by molar-refractivity contribution is 6.07. The highest BCUT2D eigenvalue weighted by Gasteiger charge is 2.45. The molecule has 0 radical (unpaired) electrons. The molecule has 8 nitrogen and oxygen atoms in total. The van der Waals surface area contributed by atoms with Crippen LogP contribution < -0.4 is 10.8 Å². The molecule has 0 aliphatic carbocycles. The van der Waals surface area contributed by atoms with Gasteiger partial charge in [0.15, 0.2) is 0 Å². The SMILES string of the molecule is CC(C)[C@H](C(=O)NO)N1C(=O)N[C@@H](COCc2ccc(-c3cccc(F)c3)cc2)C1=O. The summed E-state index contributed by atoms with van der Waals surface area (Å²) in [6, 6.07) is 10.9. The fraction of sp³-hybridized carbons (Fsp3) is 0.318. The molecule has 0 aromatic heterocycles. The molecule has 1 heterocycles. The summed E-state index contributed by atoms with van der Waals surface area (Å²) in [6.07, 6.45) is 0. The summed E-state index contributed by atoms with van der Waals surface area (Å²) < 4.78 is 19.0. The zero-order valence-electron chi connectivity index (χ0n) is 17.2. The van der Waals surface area contributed by atoms with Crippen molar-refractivity contribution in [1.82, 2.24) is 15.7 Å². The van der Waals surface area contributed by atoms with Crippen LogP contribution in [-0.4, -0.2) is 46.6 Å². The van der Waals surface area contributed by atoms with Gasteiger partial charge in [0, 0.05) is 0 Å². The number of carbonyl (C=O) groups is 3. The van der Waals surface area contributed by atoms with Crippen LogP contribution in [0.4, 0.5) is 9.18 Å². The number of ether oxygens (including phenoxy) is 1. The van der Waals surface area contributed by atoms with Crippen LogP contribution in [0, 0.1) is 11.7 Å². The summed E-state index contributed by atoms with van der Waals surface area (Å²) >= 11 is 0. The van der Waals surface area contributed by atoms with Crippen LogP contribution in [0.1, 0.15) is 19.4 Å². The van der Waals surface area contributed by atoms with Gasteiger partial charge < -0.3 is 10.1 Å². The minimum atomic E-state index is -1.13. The van der Waals surface area contributed by atoms with Crippen LogP contribution in [0.15, 0.2) is 48.5 Å². The largest absolute Gasteiger partial charge is 0.374 e. The topological polar surface area (TPSA) is 108 Å². The van der Waals surface area contributed by atoms with Gasteiger partial charge in [0.05, 0.1) is 13.2 Å². The molecule has 2 aromatic carbocycles. The molecule has 1 aliphatic heterocycles. The molecule has 0 unspecified atom stereocenters. The van der Waals surface area contributed by atoms with Crippen molar-refractivity contribution in [3.8, 4) is 11.1 Å². The number of hydrogen-bond donors (Lipinski definition) is 3. The summed E-state index contributed by atoms with van der Waals surface area (Å²) in [5.41, 5.74) is 3.96. The number of hydrogen-bond acceptors (Lipinski definition) is 5. The molecule has 0 saturated carbocycles. The number of carbonyl (C=O) groups excluding carboxylic acids is 3. The smallest absolute Gasteiger partial charge is 0.325 e. The minimum absolute atomic E-state index is 0.0712. The lowest BCUT2D eigenvalue weighted by Gasteiger charge is -2.26. The Bertz CT molecular complexity index is 964. The van der Waals surface area contributed by atoms with E-state index in [0.717, 1.165) is 21.6 Å². The summed E-state index contributed by atoms with van der Waals surface area (Å²) in [5, 5.41) is 11.4. The van der Waals surface area contributed by atoms with E-state index < -0.39 is 35.8 Å². The van der Waals surface area contributed by atoms with Gasteiger partial charge >= 0.3 is 6.03 Å². The average molecular weight is 429 g/mol. The van der Waals surface area contributed by atoms with E-state index in [-0.39, 0.29) is 19.0 Å². The predicted molar refractivity (Wildman–Crippen MR) is 109 cm³/mol. The Morgan fingerprint density at radius 3 is 2.52 bits per heavy atom. The molecule has 4 amide bonds. The van der Waals surface area contributed by atoms with Gasteiger partial charge in [-0.3, -0.25) is 14.8 Å². The van der Waals surface area contributed by atoms with Gasteiger partial charge in [0.25, 0.3) is 11.8 Å². The van der Waals surface area contributed by atoms with Crippen molar-refractivity contribution in [3.63, 3.8) is 0 Å². The molecule has 9 heteroatoms. The predicted octanol–water partition coefficient (Wildman–Crippen LogP) is 2.46. The lowest BCUT2D eigenvalue weighted by atomic mass is 10.0. The van der Waals surface area contributed by atoms with E-state index in [1.807, 2.05) is 30.3 Å². The number of nitrogens with one attached hydrogen (secondary N) is 2. The minimum Gasteiger partial charge on any atom is -0.374 e. The Hall–Kier alpha value is -3.30. The first-order valence-corrected chi connectivity index (χ1v) is 9.82. The number of urea groups is 1. The zero-order chi connectivity index (χ0) is 22.5. The first kappa shape index (κ1) is 22.4. The Morgan fingerprint density at radius 2 is 1.90 bits per heavy atom. The van der Waals surface area contributed by atoms with E-state index in [1.54, 1.807) is 19.9 Å². The van der Waals surface area contributed by atoms with Gasteiger partial charge in [-0.05, 0) is 34.7 Å². The molecule has 1 saturated heterocycles. The van der Waals surface area contributed by atoms with E-state index in [4.69, 9.17) is 9.94 Å². The molecule has 31 heavy (non-hydrogen) atoms. The molecular formula is C22H24FN3O5. The van der Waals surface area contributed by atoms with Crippen molar-refractivity contribution in [3.05, 3.63) is 59.9 Å². The lowest BCUT2D eigenvalue weighted by molar-refractivity contribution is -0.142. The monoisotopic (exact) mass is 429 g/mol. The zero-order valence-corrected chi connectivity index (χ0v) is 17.2. The Balaban J connectivity index is 1.58. The van der Waals surface area contributed by atoms with E-state index in [1.165, 1.54) is 17.6 Å². The Kier molecular flexibility index (Phi) is 6.98. The standard InChI is InChI=1S/C22H24FN3O5/c1-13(2)19(20(27)25-30)26-21(28)18(24-22(26)29)12-31-11-14-6-8-15(9-7-14)16-4-3-5-17(23)10-16/h3-10,13,18-19,30H,11-12H2,1-2H3,(H,24,29)(H,25,27)/t18-,19+/m0/s1. The van der Waals surface area contributed by atoms with Crippen molar-refractivity contribution >= 4 is 17.8 Å². The number of benzene rings is 2. The van der Waals surface area contributed by atoms with Gasteiger partial charge in [0.1, 0.15) is 17.9 Å². The first-order valence-electron chi connectivity index (χ1n) is 9.82. The molecule has 1 fully saturated rings. The third kappa shape index (κ3) is 5.07. The molecule has 3 rings (SSSR count). The number of halogens is 1. The number of amides is 4. The van der Waals surface area contributed by atoms with Crippen molar-refractivity contribution < 1.29 is 28.7 Å². The molecule has 2 atom stereocenters. The van der Waals surface area contributed by atoms with Gasteiger partial charge in [-0.2, -0.15) is 0 Å². The second kappa shape index (κ2) is 9.67. The Morgan fingerprint density at radius 1 is 1.19 bits per heavy atom. The summed E-state index contributed by atoms with van der Waals surface area (Å²) in [4.78, 5) is 37.6. The summed E-state index contributed by atoms with van der Waals surface area (Å²) in [5.74, 6) is -2.12. The number of hydroxylamine groups is 1. The Labute approximate surface area is 179 Å². The summed E-state index contributed by atoms with van der Waals surface area (Å²) in [6.45, 7) is 3.46. The molecular weight excluding hydrogens is 405 g/mol. The fourth-order valence-corrected chi connectivity index (χ4v) is 3.47. The molecule has 0 bridgehead atoms. The normalized spacial score (nSPS) is 17.1. The number of rotatable bonds is 8. The quantitative estimate of drug-likeness (QED) is 0.339. The maximum atomic E-state index is 13.4. The fourth-order valence-electron chi connectivity index (χ4n) is 3.47. The van der Waals surface area contributed by atoms with Gasteiger partial charge in [0.2, 0.25) is 0 Å². The van der Waals surface area contributed by atoms with Crippen LogP contribution in [0.5, 0.6) is 0 Å². The third-order valence-electron chi connectivity index (χ3n) is 5.01. The first-order chi connectivity index (χ1) is 14.8. The van der Waals surface area contributed by atoms with Crippen LogP contribution in [0.2, 0.25) is 0 Å². The second-order valence-electron chi connectivity index (χ2n) is 7.60. The van der Waals surface area contributed by atoms with Crippen LogP contribution in [0.25, 0.3) is 11.1 Å². The number of imide groups is 1. The maximum Gasteiger partial charge on any atom is 0.325 e. The molecule has 2 aromatic rings. The van der Waals surface area contributed by atoms with E-state index in [9.17, 15) is 18.8 Å². The lowest BCUT2D eigenvalue weighted by Crippen LogP contribution is -2.52. The van der Waals surface area contributed by atoms with Crippen molar-refractivity contribution in [2.75, 3.05) is 6.61 Å². The van der Waals surface area contributed by atoms with Crippen LogP contribution in [0.3, 0.4) is 0 Å². The van der Waals surface area contributed by atoms with E-state index in [2.05, 4.69) is 5.32 Å². The van der Waals surface area contributed by atoms with Gasteiger partial charge in [-0.25, -0.2) is 19.6 Å². The third-order valence-corrected chi connectivity index (χ3v) is 5.01. The molecule has 0 spiro atoms. The highest BCUT2D eigenvalue weighted by atomic mass is 19.1. The molecule has 3 N–H and O–H groups in total. The second-order valence-corrected chi connectivity index (χ2v) is 7.60. The van der Waals surface area contributed by atoms with Crippen LogP contribution >= 0.6 is 0 Å².